The van der Waals surface area contributed by atoms with Gasteiger partial charge in [-0.2, -0.15) is 0 Å². The summed E-state index contributed by atoms with van der Waals surface area (Å²) in [5.41, 5.74) is 1.89. The van der Waals surface area contributed by atoms with Crippen LogP contribution in [0.1, 0.15) is 25.3 Å². The molecule has 0 fully saturated rings. The third kappa shape index (κ3) is 5.94. The number of rotatable bonds is 10. The molecule has 148 valence electrons. The number of nitrogens with one attached hydrogen (secondary N) is 1. The number of ether oxygens (including phenoxy) is 1. The quantitative estimate of drug-likeness (QED) is 0.564. The highest BCUT2D eigenvalue weighted by Crippen LogP contribution is 2.18. The van der Waals surface area contributed by atoms with Crippen LogP contribution in [0.2, 0.25) is 0 Å². The van der Waals surface area contributed by atoms with Gasteiger partial charge >= 0.3 is 0 Å². The van der Waals surface area contributed by atoms with Gasteiger partial charge < -0.3 is 14.8 Å². The number of benzene rings is 2. The lowest BCUT2D eigenvalue weighted by molar-refractivity contribution is 0.0651. The molecular weight excluding hydrogens is 352 g/mol. The highest BCUT2D eigenvalue weighted by atomic mass is 16.5. The van der Waals surface area contributed by atoms with E-state index < -0.39 is 6.10 Å². The molecule has 0 radical (unpaired) electrons. The van der Waals surface area contributed by atoms with Gasteiger partial charge in [-0.05, 0) is 42.8 Å². The molecule has 2 N–H and O–H groups in total. The summed E-state index contributed by atoms with van der Waals surface area (Å²) in [5, 5.41) is 11.4. The lowest BCUT2D eigenvalue weighted by Gasteiger charge is -2.25. The van der Waals surface area contributed by atoms with Crippen molar-refractivity contribution in [2.75, 3.05) is 19.7 Å². The maximum absolute atomic E-state index is 11.4. The summed E-state index contributed by atoms with van der Waals surface area (Å²) in [6, 6.07) is 19.1. The Kier molecular flexibility index (Phi) is 7.23. The van der Waals surface area contributed by atoms with Crippen molar-refractivity contribution in [2.45, 2.75) is 32.4 Å². The molecule has 0 amide bonds. The average molecular weight is 380 g/mol. The predicted octanol–water partition coefficient (Wildman–Crippen LogP) is 3.57. The number of hydrogen-bond donors (Lipinski definition) is 2. The van der Waals surface area contributed by atoms with E-state index in [1.165, 1.54) is 11.6 Å². The normalized spacial score (nSPS) is 12.4. The van der Waals surface area contributed by atoms with Crippen LogP contribution in [0.25, 0.3) is 10.9 Å². The number of aromatic nitrogens is 1. The molecule has 2 aromatic carbocycles. The molecule has 28 heavy (non-hydrogen) atoms. The Morgan fingerprint density at radius 2 is 1.93 bits per heavy atom. The molecule has 0 aliphatic rings. The fourth-order valence-corrected chi connectivity index (χ4v) is 3.22. The van der Waals surface area contributed by atoms with Gasteiger partial charge in [0.15, 0.2) is 0 Å². The van der Waals surface area contributed by atoms with E-state index in [1.54, 1.807) is 6.07 Å². The van der Waals surface area contributed by atoms with Crippen molar-refractivity contribution in [3.8, 4) is 5.75 Å². The van der Waals surface area contributed by atoms with Crippen LogP contribution in [0.5, 0.6) is 5.75 Å². The molecule has 0 bridgehead atoms. The third-order valence-corrected chi connectivity index (χ3v) is 4.68. The fraction of sp³-hybridized carbons (Fsp3) is 0.348. The molecule has 0 saturated heterocycles. The highest BCUT2D eigenvalue weighted by molar-refractivity contribution is 5.79. The standard InChI is InChI=1S/C23H28N2O3/c1-2-3-13-25(15-18-7-5-4-6-8-18)16-20(26)17-28-21-10-11-22-19(14-21)9-12-23(27)24-22/h4-12,14,20,26H,2-3,13,15-17H2,1H3,(H,24,27). The minimum absolute atomic E-state index is 0.123. The zero-order valence-corrected chi connectivity index (χ0v) is 16.3. The Morgan fingerprint density at radius 3 is 2.71 bits per heavy atom. The smallest absolute Gasteiger partial charge is 0.248 e. The van der Waals surface area contributed by atoms with Crippen LogP contribution in [0.4, 0.5) is 0 Å². The lowest BCUT2D eigenvalue weighted by atomic mass is 10.2. The van der Waals surface area contributed by atoms with Gasteiger partial charge in [-0.1, -0.05) is 43.7 Å². The molecule has 1 atom stereocenters. The lowest BCUT2D eigenvalue weighted by Crippen LogP contribution is -2.36. The van der Waals surface area contributed by atoms with E-state index in [1.807, 2.05) is 36.4 Å². The minimum atomic E-state index is -0.577. The number of fused-ring (bicyclic) bond motifs is 1. The number of nitrogens with zero attached hydrogens (tertiary/aromatic N) is 1. The Bertz CT molecular complexity index is 924. The van der Waals surface area contributed by atoms with Gasteiger partial charge in [0.25, 0.3) is 0 Å². The van der Waals surface area contributed by atoms with Crippen LogP contribution in [-0.2, 0) is 6.54 Å². The molecular formula is C23H28N2O3. The third-order valence-electron chi connectivity index (χ3n) is 4.68. The Morgan fingerprint density at radius 1 is 1.11 bits per heavy atom. The van der Waals surface area contributed by atoms with Gasteiger partial charge in [-0.25, -0.2) is 0 Å². The van der Waals surface area contributed by atoms with Gasteiger partial charge in [-0.3, -0.25) is 9.69 Å². The fourth-order valence-electron chi connectivity index (χ4n) is 3.22. The maximum atomic E-state index is 11.4. The molecule has 0 spiro atoms. The molecule has 3 aromatic rings. The van der Waals surface area contributed by atoms with Gasteiger partial charge in [-0.15, -0.1) is 0 Å². The van der Waals surface area contributed by atoms with E-state index in [0.717, 1.165) is 36.8 Å². The second kappa shape index (κ2) is 10.1. The van der Waals surface area contributed by atoms with Gasteiger partial charge in [0, 0.05) is 30.1 Å². The van der Waals surface area contributed by atoms with Crippen molar-refractivity contribution in [1.29, 1.82) is 0 Å². The zero-order chi connectivity index (χ0) is 19.8. The van der Waals surface area contributed by atoms with E-state index in [4.69, 9.17) is 4.74 Å². The minimum Gasteiger partial charge on any atom is -0.491 e. The van der Waals surface area contributed by atoms with Crippen molar-refractivity contribution >= 4 is 10.9 Å². The molecule has 5 nitrogen and oxygen atoms in total. The summed E-state index contributed by atoms with van der Waals surface area (Å²) in [5.74, 6) is 0.682. The number of aromatic amines is 1. The van der Waals surface area contributed by atoms with E-state index in [9.17, 15) is 9.90 Å². The number of pyridine rings is 1. The van der Waals surface area contributed by atoms with Crippen LogP contribution in [0.3, 0.4) is 0 Å². The summed E-state index contributed by atoms with van der Waals surface area (Å²) < 4.78 is 5.79. The second-order valence-corrected chi connectivity index (χ2v) is 7.11. The topological polar surface area (TPSA) is 65.6 Å². The molecule has 0 aliphatic heterocycles. The van der Waals surface area contributed by atoms with E-state index in [2.05, 4.69) is 28.9 Å². The Balaban J connectivity index is 1.56. The van der Waals surface area contributed by atoms with Crippen LogP contribution in [0.15, 0.2) is 65.5 Å². The molecule has 1 heterocycles. The number of aliphatic hydroxyl groups excluding tert-OH is 1. The monoisotopic (exact) mass is 380 g/mol. The summed E-state index contributed by atoms with van der Waals surface area (Å²) in [6.45, 7) is 4.74. The zero-order valence-electron chi connectivity index (χ0n) is 16.3. The number of unbranched alkanes of at least 4 members (excludes halogenated alkanes) is 1. The Hall–Kier alpha value is -2.63. The largest absolute Gasteiger partial charge is 0.491 e. The first-order valence-electron chi connectivity index (χ1n) is 9.84. The van der Waals surface area contributed by atoms with Gasteiger partial charge in [0.2, 0.25) is 5.56 Å². The average Bonchev–Trinajstić information content (AvgIpc) is 2.71. The van der Waals surface area contributed by atoms with Gasteiger partial charge in [0.1, 0.15) is 18.5 Å². The van der Waals surface area contributed by atoms with Crippen molar-refractivity contribution in [1.82, 2.24) is 9.88 Å². The highest BCUT2D eigenvalue weighted by Gasteiger charge is 2.13. The van der Waals surface area contributed by atoms with E-state index in [-0.39, 0.29) is 12.2 Å². The van der Waals surface area contributed by atoms with Crippen molar-refractivity contribution in [2.24, 2.45) is 0 Å². The molecule has 0 aliphatic carbocycles. The van der Waals surface area contributed by atoms with Crippen LogP contribution < -0.4 is 10.3 Å². The number of hydrogen-bond acceptors (Lipinski definition) is 4. The van der Waals surface area contributed by atoms with Crippen molar-refractivity contribution in [3.05, 3.63) is 76.6 Å². The first-order valence-corrected chi connectivity index (χ1v) is 9.84. The molecule has 5 heteroatoms. The van der Waals surface area contributed by atoms with E-state index >= 15 is 0 Å². The van der Waals surface area contributed by atoms with Crippen LogP contribution >= 0.6 is 0 Å². The second-order valence-electron chi connectivity index (χ2n) is 7.11. The maximum Gasteiger partial charge on any atom is 0.248 e. The van der Waals surface area contributed by atoms with Gasteiger partial charge in [0.05, 0.1) is 0 Å². The van der Waals surface area contributed by atoms with Crippen LogP contribution in [0, 0.1) is 0 Å². The summed E-state index contributed by atoms with van der Waals surface area (Å²) in [6.07, 6.45) is 1.65. The predicted molar refractivity (Wildman–Crippen MR) is 113 cm³/mol. The Labute approximate surface area is 165 Å². The number of H-pyrrole nitrogens is 1. The first-order chi connectivity index (χ1) is 13.6. The summed E-state index contributed by atoms with van der Waals surface area (Å²) >= 11 is 0. The molecule has 1 unspecified atom stereocenters. The molecule has 1 aromatic heterocycles. The van der Waals surface area contributed by atoms with E-state index in [0.29, 0.717) is 12.3 Å². The first kappa shape index (κ1) is 20.1. The van der Waals surface area contributed by atoms with Crippen molar-refractivity contribution < 1.29 is 9.84 Å². The SMILES string of the molecule is CCCCN(Cc1ccccc1)CC(O)COc1ccc2[nH]c(=O)ccc2c1. The molecule has 3 rings (SSSR count). The number of aliphatic hydroxyl groups is 1. The summed E-state index contributed by atoms with van der Waals surface area (Å²) in [7, 11) is 0. The van der Waals surface area contributed by atoms with Crippen LogP contribution in [-0.4, -0.2) is 40.8 Å². The summed E-state index contributed by atoms with van der Waals surface area (Å²) in [4.78, 5) is 16.4. The van der Waals surface area contributed by atoms with Crippen molar-refractivity contribution in [3.63, 3.8) is 0 Å². The molecule has 0 saturated carbocycles.